The van der Waals surface area contributed by atoms with Gasteiger partial charge in [0.2, 0.25) is 5.71 Å². The zero-order chi connectivity index (χ0) is 26.2. The van der Waals surface area contributed by atoms with Gasteiger partial charge in [-0.3, -0.25) is 4.79 Å². The van der Waals surface area contributed by atoms with Crippen molar-refractivity contribution in [1.29, 1.82) is 0 Å². The lowest BCUT2D eigenvalue weighted by Gasteiger charge is -2.11. The van der Waals surface area contributed by atoms with Gasteiger partial charge in [-0.15, -0.1) is 0 Å². The molecule has 1 N–H and O–H groups in total. The van der Waals surface area contributed by atoms with Crippen molar-refractivity contribution in [2.75, 3.05) is 32.7 Å². The van der Waals surface area contributed by atoms with E-state index in [4.69, 9.17) is 18.6 Å². The van der Waals surface area contributed by atoms with Gasteiger partial charge < -0.3 is 23.9 Å². The van der Waals surface area contributed by atoms with Crippen molar-refractivity contribution in [3.8, 4) is 33.9 Å². The van der Waals surface area contributed by atoms with Crippen LogP contribution < -0.4 is 14.8 Å². The summed E-state index contributed by atoms with van der Waals surface area (Å²) in [5, 5.41) is 4.00. The second-order valence-corrected chi connectivity index (χ2v) is 8.30. The Morgan fingerprint density at radius 1 is 1.00 bits per heavy atom. The number of furan rings is 1. The number of esters is 1. The number of benzene rings is 2. The van der Waals surface area contributed by atoms with Crippen LogP contribution in [0.5, 0.6) is 11.5 Å². The summed E-state index contributed by atoms with van der Waals surface area (Å²) in [6.07, 6.45) is 4.25. The van der Waals surface area contributed by atoms with Crippen LogP contribution in [0.2, 0.25) is 0 Å². The molecule has 0 aliphatic rings. The summed E-state index contributed by atoms with van der Waals surface area (Å²) in [6, 6.07) is 12.1. The molecule has 2 aromatic heterocycles. The maximum absolute atomic E-state index is 15.1. The largest absolute Gasteiger partial charge is 0.497 e. The average Bonchev–Trinajstić information content (AvgIpc) is 3.30. The number of anilines is 1. The Labute approximate surface area is 214 Å². The zero-order valence-corrected chi connectivity index (χ0v) is 21.2. The summed E-state index contributed by atoms with van der Waals surface area (Å²) < 4.78 is 37.1. The van der Waals surface area contributed by atoms with Gasteiger partial charge in [0.1, 0.15) is 29.5 Å². The van der Waals surface area contributed by atoms with Gasteiger partial charge in [0.25, 0.3) is 0 Å². The van der Waals surface area contributed by atoms with Crippen molar-refractivity contribution < 1.29 is 27.8 Å². The third kappa shape index (κ3) is 5.82. The van der Waals surface area contributed by atoms with Crippen molar-refractivity contribution in [3.05, 3.63) is 54.6 Å². The van der Waals surface area contributed by atoms with Gasteiger partial charge in [-0.25, -0.2) is 14.4 Å². The third-order valence-electron chi connectivity index (χ3n) is 5.94. The highest BCUT2D eigenvalue weighted by Crippen LogP contribution is 2.46. The van der Waals surface area contributed by atoms with Crippen LogP contribution in [0.4, 0.5) is 10.2 Å². The summed E-state index contributed by atoms with van der Waals surface area (Å²) >= 11 is 0. The molecule has 194 valence electrons. The molecule has 0 saturated heterocycles. The minimum absolute atomic E-state index is 0.174. The smallest absolute Gasteiger partial charge is 0.305 e. The third-order valence-corrected chi connectivity index (χ3v) is 5.94. The fourth-order valence-corrected chi connectivity index (χ4v) is 4.18. The lowest BCUT2D eigenvalue weighted by atomic mass is 9.98. The molecule has 2 heterocycles. The second-order valence-electron chi connectivity index (χ2n) is 8.30. The van der Waals surface area contributed by atoms with E-state index in [1.807, 2.05) is 24.3 Å². The molecule has 0 radical (unpaired) electrons. The van der Waals surface area contributed by atoms with Crippen LogP contribution >= 0.6 is 0 Å². The molecule has 0 aliphatic carbocycles. The SMILES string of the molecule is CCOC(=O)CCCCCNc1ncnc2oc(-c3c(F)cccc3OC)c(-c3ccc(OC)cc3)c12. The molecule has 8 nitrogen and oxygen atoms in total. The highest BCUT2D eigenvalue weighted by molar-refractivity contribution is 6.06. The van der Waals surface area contributed by atoms with Crippen LogP contribution in [0.3, 0.4) is 0 Å². The van der Waals surface area contributed by atoms with Crippen molar-refractivity contribution in [2.45, 2.75) is 32.6 Å². The highest BCUT2D eigenvalue weighted by Gasteiger charge is 2.26. The first-order valence-electron chi connectivity index (χ1n) is 12.2. The lowest BCUT2D eigenvalue weighted by molar-refractivity contribution is -0.143. The molecule has 0 bridgehead atoms. The van der Waals surface area contributed by atoms with E-state index in [1.165, 1.54) is 19.5 Å². The summed E-state index contributed by atoms with van der Waals surface area (Å²) in [6.45, 7) is 2.82. The van der Waals surface area contributed by atoms with E-state index in [9.17, 15) is 4.79 Å². The first-order chi connectivity index (χ1) is 18.1. The van der Waals surface area contributed by atoms with Crippen LogP contribution in [0.25, 0.3) is 33.6 Å². The number of halogens is 1. The van der Waals surface area contributed by atoms with Gasteiger partial charge in [-0.05, 0) is 49.6 Å². The summed E-state index contributed by atoms with van der Waals surface area (Å²) in [7, 11) is 3.09. The van der Waals surface area contributed by atoms with E-state index in [1.54, 1.807) is 26.2 Å². The van der Waals surface area contributed by atoms with Crippen LogP contribution in [-0.4, -0.2) is 43.3 Å². The van der Waals surface area contributed by atoms with Gasteiger partial charge in [0, 0.05) is 18.5 Å². The van der Waals surface area contributed by atoms with Crippen LogP contribution in [0, 0.1) is 5.82 Å². The van der Waals surface area contributed by atoms with Crippen LogP contribution in [0.15, 0.2) is 53.2 Å². The van der Waals surface area contributed by atoms with E-state index in [0.717, 1.165) is 24.8 Å². The van der Waals surface area contributed by atoms with Crippen molar-refractivity contribution in [1.82, 2.24) is 9.97 Å². The summed E-state index contributed by atoms with van der Waals surface area (Å²) in [5.41, 5.74) is 1.96. The van der Waals surface area contributed by atoms with E-state index in [0.29, 0.717) is 59.3 Å². The predicted molar refractivity (Wildman–Crippen MR) is 139 cm³/mol. The standard InChI is InChI=1S/C28H30FN3O5/c1-4-36-22(33)11-6-5-7-16-30-27-25-23(18-12-14-19(34-2)15-13-18)26(37-28(25)32-17-31-27)24-20(29)9-8-10-21(24)35-3/h8-10,12-15,17H,4-7,11,16H2,1-3H3,(H,30,31,32). The van der Waals surface area contributed by atoms with E-state index < -0.39 is 5.82 Å². The average molecular weight is 508 g/mol. The van der Waals surface area contributed by atoms with Crippen molar-refractivity contribution in [2.24, 2.45) is 0 Å². The monoisotopic (exact) mass is 507 g/mol. The minimum atomic E-state index is -0.475. The Balaban J connectivity index is 1.70. The number of ether oxygens (including phenoxy) is 3. The zero-order valence-electron chi connectivity index (χ0n) is 21.2. The Morgan fingerprint density at radius 2 is 1.81 bits per heavy atom. The first-order valence-corrected chi connectivity index (χ1v) is 12.2. The number of fused-ring (bicyclic) bond motifs is 1. The highest BCUT2D eigenvalue weighted by atomic mass is 19.1. The number of methoxy groups -OCH3 is 2. The van der Waals surface area contributed by atoms with Gasteiger partial charge in [0.05, 0.1) is 31.8 Å². The van der Waals surface area contributed by atoms with Crippen LogP contribution in [-0.2, 0) is 9.53 Å². The van der Waals surface area contributed by atoms with E-state index >= 15 is 4.39 Å². The fraction of sp³-hybridized carbons (Fsp3) is 0.321. The minimum Gasteiger partial charge on any atom is -0.497 e. The van der Waals surface area contributed by atoms with Gasteiger partial charge in [-0.1, -0.05) is 24.6 Å². The molecule has 0 saturated carbocycles. The number of nitrogens with zero attached hydrogens (tertiary/aromatic N) is 2. The Bertz CT molecular complexity index is 1350. The number of rotatable bonds is 12. The number of carbonyl (C=O) groups is 1. The van der Waals surface area contributed by atoms with Crippen LogP contribution in [0.1, 0.15) is 32.6 Å². The number of unbranched alkanes of at least 4 members (excludes halogenated alkanes) is 2. The van der Waals surface area contributed by atoms with Gasteiger partial charge in [-0.2, -0.15) is 0 Å². The van der Waals surface area contributed by atoms with Gasteiger partial charge in [0.15, 0.2) is 5.76 Å². The Morgan fingerprint density at radius 3 is 2.54 bits per heavy atom. The van der Waals surface area contributed by atoms with Gasteiger partial charge >= 0.3 is 5.97 Å². The molecular weight excluding hydrogens is 477 g/mol. The molecule has 4 aromatic rings. The number of hydrogen-bond acceptors (Lipinski definition) is 8. The lowest BCUT2D eigenvalue weighted by Crippen LogP contribution is -2.06. The molecule has 0 amide bonds. The molecule has 9 heteroatoms. The number of hydrogen-bond donors (Lipinski definition) is 1. The molecule has 0 spiro atoms. The van der Waals surface area contributed by atoms with Crippen molar-refractivity contribution >= 4 is 22.9 Å². The number of aromatic nitrogens is 2. The maximum Gasteiger partial charge on any atom is 0.305 e. The molecule has 4 rings (SSSR count). The second kappa shape index (κ2) is 12.2. The molecule has 37 heavy (non-hydrogen) atoms. The molecule has 0 fully saturated rings. The molecule has 0 unspecified atom stereocenters. The van der Waals surface area contributed by atoms with E-state index in [2.05, 4.69) is 15.3 Å². The van der Waals surface area contributed by atoms with E-state index in [-0.39, 0.29) is 11.5 Å². The van der Waals surface area contributed by atoms with Crippen molar-refractivity contribution in [3.63, 3.8) is 0 Å². The molecule has 0 atom stereocenters. The first kappa shape index (κ1) is 25.9. The number of carbonyl (C=O) groups excluding carboxylic acids is 1. The summed E-state index contributed by atoms with van der Waals surface area (Å²) in [5.74, 6) is 1.26. The Kier molecular flexibility index (Phi) is 8.56. The number of nitrogens with one attached hydrogen (secondary N) is 1. The maximum atomic E-state index is 15.1. The normalized spacial score (nSPS) is 10.9. The molecular formula is C28H30FN3O5. The quantitative estimate of drug-likeness (QED) is 0.178. The molecule has 0 aliphatic heterocycles. The summed E-state index contributed by atoms with van der Waals surface area (Å²) in [4.78, 5) is 20.3. The fourth-order valence-electron chi connectivity index (χ4n) is 4.18. The molecule has 2 aromatic carbocycles. The predicted octanol–water partition coefficient (Wildman–Crippen LogP) is 6.25. The Hall–Kier alpha value is -4.14. The topological polar surface area (TPSA) is 95.7 Å².